The van der Waals surface area contributed by atoms with E-state index in [0.29, 0.717) is 17.2 Å². The number of amides is 2. The fraction of sp³-hybridized carbons (Fsp3) is 0.250. The van der Waals surface area contributed by atoms with Crippen molar-refractivity contribution in [1.29, 1.82) is 0 Å². The van der Waals surface area contributed by atoms with Crippen LogP contribution in [0.5, 0.6) is 0 Å². The number of nitrogens with zero attached hydrogens (tertiary/aromatic N) is 2. The number of hydrogen-bond acceptors (Lipinski definition) is 5. The standard InChI is InChI=1S/C16H19N5O2/c1-10(2)19-15(23)12-8-17-16(18-9-12)21-14-6-4-13(5-7-14)20-11(3)22/h4-10H,1-3H3,(H,19,23)(H,20,22)(H,17,18,21). The number of anilines is 3. The van der Waals surface area contributed by atoms with E-state index in [1.807, 2.05) is 13.8 Å². The minimum absolute atomic E-state index is 0.0578. The largest absolute Gasteiger partial charge is 0.350 e. The molecule has 0 radical (unpaired) electrons. The number of rotatable bonds is 5. The first kappa shape index (κ1) is 16.4. The number of aromatic nitrogens is 2. The van der Waals surface area contributed by atoms with E-state index >= 15 is 0 Å². The molecule has 1 aromatic carbocycles. The average Bonchev–Trinajstić information content (AvgIpc) is 2.49. The Morgan fingerprint density at radius 1 is 1.00 bits per heavy atom. The number of carbonyl (C=O) groups excluding carboxylic acids is 2. The zero-order valence-corrected chi connectivity index (χ0v) is 13.3. The second-order valence-electron chi connectivity index (χ2n) is 5.31. The fourth-order valence-electron chi connectivity index (χ4n) is 1.82. The van der Waals surface area contributed by atoms with Gasteiger partial charge in [-0.25, -0.2) is 9.97 Å². The molecule has 120 valence electrons. The average molecular weight is 313 g/mol. The SMILES string of the molecule is CC(=O)Nc1ccc(Nc2ncc(C(=O)NC(C)C)cn2)cc1. The molecule has 1 aromatic heterocycles. The van der Waals surface area contributed by atoms with Crippen LogP contribution in [0, 0.1) is 0 Å². The molecule has 0 fully saturated rings. The van der Waals surface area contributed by atoms with Gasteiger partial charge in [-0.05, 0) is 38.1 Å². The van der Waals surface area contributed by atoms with E-state index in [4.69, 9.17) is 0 Å². The third-order valence-corrected chi connectivity index (χ3v) is 2.80. The molecule has 2 amide bonds. The number of hydrogen-bond donors (Lipinski definition) is 3. The van der Waals surface area contributed by atoms with E-state index in [1.54, 1.807) is 24.3 Å². The summed E-state index contributed by atoms with van der Waals surface area (Å²) in [7, 11) is 0. The van der Waals surface area contributed by atoms with Crippen LogP contribution in [0.25, 0.3) is 0 Å². The molecule has 2 rings (SSSR count). The lowest BCUT2D eigenvalue weighted by Gasteiger charge is -2.09. The second-order valence-corrected chi connectivity index (χ2v) is 5.31. The van der Waals surface area contributed by atoms with Gasteiger partial charge in [-0.3, -0.25) is 9.59 Å². The van der Waals surface area contributed by atoms with Gasteiger partial charge < -0.3 is 16.0 Å². The molecule has 1 heterocycles. The molecule has 2 aromatic rings. The van der Waals surface area contributed by atoms with E-state index in [9.17, 15) is 9.59 Å². The molecule has 0 bridgehead atoms. The summed E-state index contributed by atoms with van der Waals surface area (Å²) >= 11 is 0. The first-order valence-electron chi connectivity index (χ1n) is 7.21. The molecule has 0 aliphatic rings. The summed E-state index contributed by atoms with van der Waals surface area (Å²) < 4.78 is 0. The Labute approximate surface area is 134 Å². The number of carbonyl (C=O) groups is 2. The van der Waals surface area contributed by atoms with Crippen LogP contribution in [0.15, 0.2) is 36.7 Å². The van der Waals surface area contributed by atoms with Crippen LogP contribution < -0.4 is 16.0 Å². The highest BCUT2D eigenvalue weighted by atomic mass is 16.2. The summed E-state index contributed by atoms with van der Waals surface area (Å²) in [6.07, 6.45) is 2.94. The summed E-state index contributed by atoms with van der Waals surface area (Å²) in [6, 6.07) is 7.20. The van der Waals surface area contributed by atoms with Gasteiger partial charge in [-0.1, -0.05) is 0 Å². The van der Waals surface area contributed by atoms with E-state index < -0.39 is 0 Å². The van der Waals surface area contributed by atoms with Gasteiger partial charge in [-0.15, -0.1) is 0 Å². The molecule has 23 heavy (non-hydrogen) atoms. The van der Waals surface area contributed by atoms with Crippen LogP contribution in [-0.4, -0.2) is 27.8 Å². The topological polar surface area (TPSA) is 96.0 Å². The molecule has 3 N–H and O–H groups in total. The maximum Gasteiger partial charge on any atom is 0.254 e. The van der Waals surface area contributed by atoms with Crippen molar-refractivity contribution in [3.8, 4) is 0 Å². The first-order valence-corrected chi connectivity index (χ1v) is 7.21. The van der Waals surface area contributed by atoms with E-state index in [2.05, 4.69) is 25.9 Å². The van der Waals surface area contributed by atoms with Crippen molar-refractivity contribution in [3.63, 3.8) is 0 Å². The van der Waals surface area contributed by atoms with Gasteiger partial charge in [0.25, 0.3) is 5.91 Å². The van der Waals surface area contributed by atoms with E-state index in [1.165, 1.54) is 19.3 Å². The van der Waals surface area contributed by atoms with Crippen LogP contribution in [-0.2, 0) is 4.79 Å². The molecule has 0 spiro atoms. The van der Waals surface area contributed by atoms with Gasteiger partial charge in [0.2, 0.25) is 11.9 Å². The smallest absolute Gasteiger partial charge is 0.254 e. The Balaban J connectivity index is 2.00. The summed E-state index contributed by atoms with van der Waals surface area (Å²) in [5, 5.41) is 8.49. The Bertz CT molecular complexity index is 681. The minimum atomic E-state index is -0.203. The first-order chi connectivity index (χ1) is 10.9. The third kappa shape index (κ3) is 5.06. The van der Waals surface area contributed by atoms with Crippen molar-refractivity contribution in [1.82, 2.24) is 15.3 Å². The minimum Gasteiger partial charge on any atom is -0.350 e. The second kappa shape index (κ2) is 7.35. The van der Waals surface area contributed by atoms with Crippen molar-refractivity contribution in [2.45, 2.75) is 26.8 Å². The highest BCUT2D eigenvalue weighted by molar-refractivity contribution is 5.93. The van der Waals surface area contributed by atoms with Gasteiger partial charge in [0, 0.05) is 36.7 Å². The Kier molecular flexibility index (Phi) is 5.24. The van der Waals surface area contributed by atoms with Gasteiger partial charge in [0.1, 0.15) is 0 Å². The van der Waals surface area contributed by atoms with Crippen molar-refractivity contribution in [2.75, 3.05) is 10.6 Å². The molecule has 0 atom stereocenters. The normalized spacial score (nSPS) is 10.3. The fourth-order valence-corrected chi connectivity index (χ4v) is 1.82. The number of benzene rings is 1. The van der Waals surface area contributed by atoms with Crippen LogP contribution in [0.2, 0.25) is 0 Å². The summed E-state index contributed by atoms with van der Waals surface area (Å²) in [5.41, 5.74) is 1.90. The van der Waals surface area contributed by atoms with Crippen LogP contribution in [0.1, 0.15) is 31.1 Å². The monoisotopic (exact) mass is 313 g/mol. The van der Waals surface area contributed by atoms with Gasteiger partial charge in [0.15, 0.2) is 0 Å². The quantitative estimate of drug-likeness (QED) is 0.787. The number of nitrogens with one attached hydrogen (secondary N) is 3. The lowest BCUT2D eigenvalue weighted by molar-refractivity contribution is -0.114. The summed E-state index contributed by atoms with van der Waals surface area (Å²) in [5.74, 6) is 0.0638. The molecule has 7 nitrogen and oxygen atoms in total. The van der Waals surface area contributed by atoms with E-state index in [0.717, 1.165) is 5.69 Å². The van der Waals surface area contributed by atoms with Crippen LogP contribution in [0.4, 0.5) is 17.3 Å². The molecule has 7 heteroatoms. The Hall–Kier alpha value is -2.96. The molecule has 0 unspecified atom stereocenters. The highest BCUT2D eigenvalue weighted by Crippen LogP contribution is 2.16. The lowest BCUT2D eigenvalue weighted by atomic mass is 10.2. The van der Waals surface area contributed by atoms with Crippen LogP contribution in [0.3, 0.4) is 0 Å². The van der Waals surface area contributed by atoms with Crippen molar-refractivity contribution >= 4 is 29.1 Å². The molecular weight excluding hydrogens is 294 g/mol. The maximum absolute atomic E-state index is 11.8. The molecular formula is C16H19N5O2. The lowest BCUT2D eigenvalue weighted by Crippen LogP contribution is -2.30. The molecule has 0 aliphatic carbocycles. The predicted octanol–water partition coefficient (Wildman–Crippen LogP) is 2.32. The zero-order chi connectivity index (χ0) is 16.8. The molecule has 0 aliphatic heterocycles. The maximum atomic E-state index is 11.8. The van der Waals surface area contributed by atoms with Crippen molar-refractivity contribution in [3.05, 3.63) is 42.2 Å². The van der Waals surface area contributed by atoms with Gasteiger partial charge >= 0.3 is 0 Å². The Morgan fingerprint density at radius 3 is 2.09 bits per heavy atom. The summed E-state index contributed by atoms with van der Waals surface area (Å²) in [4.78, 5) is 31.0. The van der Waals surface area contributed by atoms with Crippen molar-refractivity contribution in [2.24, 2.45) is 0 Å². The molecule has 0 saturated carbocycles. The Morgan fingerprint density at radius 2 is 1.57 bits per heavy atom. The zero-order valence-electron chi connectivity index (χ0n) is 13.3. The van der Waals surface area contributed by atoms with E-state index in [-0.39, 0.29) is 17.9 Å². The predicted molar refractivity (Wildman–Crippen MR) is 88.7 cm³/mol. The van der Waals surface area contributed by atoms with Gasteiger partial charge in [0.05, 0.1) is 5.56 Å². The van der Waals surface area contributed by atoms with Gasteiger partial charge in [-0.2, -0.15) is 0 Å². The molecule has 0 saturated heterocycles. The van der Waals surface area contributed by atoms with Crippen molar-refractivity contribution < 1.29 is 9.59 Å². The third-order valence-electron chi connectivity index (χ3n) is 2.80. The van der Waals surface area contributed by atoms with Crippen LogP contribution >= 0.6 is 0 Å². The summed E-state index contributed by atoms with van der Waals surface area (Å²) in [6.45, 7) is 5.23. The highest BCUT2D eigenvalue weighted by Gasteiger charge is 2.08.